The van der Waals surface area contributed by atoms with E-state index in [4.69, 9.17) is 0 Å². The second kappa shape index (κ2) is 5.41. The van der Waals surface area contributed by atoms with Crippen molar-refractivity contribution >= 4 is 28.4 Å². The van der Waals surface area contributed by atoms with Gasteiger partial charge in [0.1, 0.15) is 11.4 Å². The van der Waals surface area contributed by atoms with Gasteiger partial charge < -0.3 is 10.6 Å². The first-order chi connectivity index (χ1) is 10.9. The Balaban J connectivity index is 1.97. The fourth-order valence-electron chi connectivity index (χ4n) is 2.20. The molecule has 0 amide bonds. The Bertz CT molecular complexity index is 855. The van der Waals surface area contributed by atoms with E-state index >= 15 is 0 Å². The zero-order valence-corrected chi connectivity index (χ0v) is 12.3. The lowest BCUT2D eigenvalue weighted by molar-refractivity contribution is -0.137. The van der Waals surface area contributed by atoms with Crippen LogP contribution in [-0.2, 0) is 6.18 Å². The van der Waals surface area contributed by atoms with Crippen molar-refractivity contribution in [3.05, 3.63) is 35.7 Å². The zero-order chi connectivity index (χ0) is 16.6. The smallest absolute Gasteiger partial charge is 0.372 e. The number of aromatic nitrogens is 4. The van der Waals surface area contributed by atoms with Gasteiger partial charge in [0.25, 0.3) is 0 Å². The first-order valence-electron chi connectivity index (χ1n) is 6.71. The minimum Gasteiger partial charge on any atom is -0.372 e. The lowest BCUT2D eigenvalue weighted by Gasteiger charge is -2.13. The standard InChI is InChI=1S/C14H13F3N6/c1-7-3-8-5-20-23-11(8)4-10(7)21-13-19-6-9(14(15,16)17)12(18-2)22-13/h3-6H,1-2H3,(H,20,23)(H2,18,19,21,22). The number of rotatable bonds is 3. The molecule has 0 aliphatic rings. The highest BCUT2D eigenvalue weighted by Crippen LogP contribution is 2.34. The number of benzene rings is 1. The Morgan fingerprint density at radius 3 is 2.65 bits per heavy atom. The minimum atomic E-state index is -4.51. The zero-order valence-electron chi connectivity index (χ0n) is 12.3. The molecular formula is C14H13F3N6. The number of fused-ring (bicyclic) bond motifs is 1. The summed E-state index contributed by atoms with van der Waals surface area (Å²) in [6.45, 7) is 1.87. The predicted octanol–water partition coefficient (Wildman–Crippen LogP) is 3.47. The van der Waals surface area contributed by atoms with Crippen LogP contribution in [0.3, 0.4) is 0 Å². The molecule has 2 heterocycles. The maximum Gasteiger partial charge on any atom is 0.421 e. The van der Waals surface area contributed by atoms with Crippen molar-refractivity contribution in [2.24, 2.45) is 0 Å². The number of nitrogens with one attached hydrogen (secondary N) is 3. The molecule has 0 spiro atoms. The van der Waals surface area contributed by atoms with Crippen molar-refractivity contribution < 1.29 is 13.2 Å². The normalized spacial score (nSPS) is 11.7. The van der Waals surface area contributed by atoms with Crippen LogP contribution in [0.5, 0.6) is 0 Å². The first-order valence-corrected chi connectivity index (χ1v) is 6.71. The van der Waals surface area contributed by atoms with Gasteiger partial charge in [-0.3, -0.25) is 5.10 Å². The van der Waals surface area contributed by atoms with Crippen LogP contribution in [0.25, 0.3) is 10.9 Å². The van der Waals surface area contributed by atoms with Gasteiger partial charge in [-0.25, -0.2) is 4.98 Å². The number of aromatic amines is 1. The molecule has 0 saturated heterocycles. The second-order valence-corrected chi connectivity index (χ2v) is 4.95. The summed E-state index contributed by atoms with van der Waals surface area (Å²) in [5.41, 5.74) is 1.47. The van der Waals surface area contributed by atoms with E-state index in [0.717, 1.165) is 22.7 Å². The molecule has 23 heavy (non-hydrogen) atoms. The molecule has 0 bridgehead atoms. The SMILES string of the molecule is CNc1nc(Nc2cc3[nH]ncc3cc2C)ncc1C(F)(F)F. The van der Waals surface area contributed by atoms with Gasteiger partial charge in [0.2, 0.25) is 5.95 Å². The third kappa shape index (κ3) is 2.89. The number of nitrogens with zero attached hydrogens (tertiary/aromatic N) is 3. The van der Waals surface area contributed by atoms with Crippen molar-refractivity contribution in [3.8, 4) is 0 Å². The van der Waals surface area contributed by atoms with Gasteiger partial charge in [-0.2, -0.15) is 23.3 Å². The molecule has 0 radical (unpaired) electrons. The van der Waals surface area contributed by atoms with E-state index in [1.807, 2.05) is 13.0 Å². The van der Waals surface area contributed by atoms with E-state index in [2.05, 4.69) is 30.8 Å². The quantitative estimate of drug-likeness (QED) is 0.688. The Kier molecular flexibility index (Phi) is 3.55. The average Bonchev–Trinajstić information content (AvgIpc) is 2.93. The number of hydrogen-bond acceptors (Lipinski definition) is 5. The summed E-state index contributed by atoms with van der Waals surface area (Å²) in [5.74, 6) is -0.209. The van der Waals surface area contributed by atoms with Crippen LogP contribution in [0.2, 0.25) is 0 Å². The molecule has 0 saturated carbocycles. The maximum atomic E-state index is 12.8. The van der Waals surface area contributed by atoms with Gasteiger partial charge in [-0.05, 0) is 24.6 Å². The topological polar surface area (TPSA) is 78.5 Å². The number of anilines is 3. The van der Waals surface area contributed by atoms with Gasteiger partial charge in [-0.1, -0.05) is 0 Å². The van der Waals surface area contributed by atoms with E-state index in [0.29, 0.717) is 5.69 Å². The summed E-state index contributed by atoms with van der Waals surface area (Å²) < 4.78 is 38.5. The van der Waals surface area contributed by atoms with Crippen molar-refractivity contribution in [3.63, 3.8) is 0 Å². The number of alkyl halides is 3. The van der Waals surface area contributed by atoms with Crippen molar-refractivity contribution in [2.45, 2.75) is 13.1 Å². The average molecular weight is 322 g/mol. The lowest BCUT2D eigenvalue weighted by Crippen LogP contribution is -2.12. The monoisotopic (exact) mass is 322 g/mol. The van der Waals surface area contributed by atoms with Crippen LogP contribution < -0.4 is 10.6 Å². The molecule has 3 aromatic rings. The fourth-order valence-corrected chi connectivity index (χ4v) is 2.20. The maximum absolute atomic E-state index is 12.8. The highest BCUT2D eigenvalue weighted by molar-refractivity contribution is 5.84. The molecule has 6 nitrogen and oxygen atoms in total. The summed E-state index contributed by atoms with van der Waals surface area (Å²) >= 11 is 0. The van der Waals surface area contributed by atoms with Crippen LogP contribution in [0, 0.1) is 6.92 Å². The molecule has 2 aromatic heterocycles. The summed E-state index contributed by atoms with van der Waals surface area (Å²) in [6.07, 6.45) is -2.06. The molecule has 0 aliphatic carbocycles. The van der Waals surface area contributed by atoms with E-state index < -0.39 is 11.7 Å². The third-order valence-electron chi connectivity index (χ3n) is 3.36. The van der Waals surface area contributed by atoms with Crippen molar-refractivity contribution in [2.75, 3.05) is 17.7 Å². The molecule has 9 heteroatoms. The molecular weight excluding hydrogens is 309 g/mol. The lowest BCUT2D eigenvalue weighted by atomic mass is 10.1. The largest absolute Gasteiger partial charge is 0.421 e. The fraction of sp³-hybridized carbons (Fsp3) is 0.214. The minimum absolute atomic E-state index is 0.0734. The van der Waals surface area contributed by atoms with E-state index in [1.54, 1.807) is 12.3 Å². The van der Waals surface area contributed by atoms with E-state index in [9.17, 15) is 13.2 Å². The number of halogens is 3. The summed E-state index contributed by atoms with van der Waals surface area (Å²) in [4.78, 5) is 7.63. The molecule has 3 N–H and O–H groups in total. The van der Waals surface area contributed by atoms with Crippen LogP contribution in [0.4, 0.5) is 30.6 Å². The summed E-state index contributed by atoms with van der Waals surface area (Å²) in [5, 5.41) is 13.1. The molecule has 120 valence electrons. The molecule has 3 rings (SSSR count). The molecule has 1 aromatic carbocycles. The molecule has 0 fully saturated rings. The first kappa shape index (κ1) is 15.1. The van der Waals surface area contributed by atoms with Gasteiger partial charge in [-0.15, -0.1) is 0 Å². The van der Waals surface area contributed by atoms with Gasteiger partial charge in [0.05, 0.1) is 11.7 Å². The number of aryl methyl sites for hydroxylation is 1. The second-order valence-electron chi connectivity index (χ2n) is 4.95. The molecule has 0 unspecified atom stereocenters. The van der Waals surface area contributed by atoms with Crippen LogP contribution in [-0.4, -0.2) is 27.2 Å². The van der Waals surface area contributed by atoms with E-state index in [1.165, 1.54) is 7.05 Å². The number of hydrogen-bond donors (Lipinski definition) is 3. The van der Waals surface area contributed by atoms with Crippen molar-refractivity contribution in [1.29, 1.82) is 0 Å². The predicted molar refractivity (Wildman–Crippen MR) is 80.7 cm³/mol. The van der Waals surface area contributed by atoms with Gasteiger partial charge in [0.15, 0.2) is 0 Å². The van der Waals surface area contributed by atoms with Crippen LogP contribution >= 0.6 is 0 Å². The Labute approximate surface area is 129 Å². The third-order valence-corrected chi connectivity index (χ3v) is 3.36. The Morgan fingerprint density at radius 2 is 1.96 bits per heavy atom. The highest BCUT2D eigenvalue weighted by atomic mass is 19.4. The van der Waals surface area contributed by atoms with Gasteiger partial charge in [0, 0.05) is 24.3 Å². The van der Waals surface area contributed by atoms with Crippen LogP contribution in [0.1, 0.15) is 11.1 Å². The highest BCUT2D eigenvalue weighted by Gasteiger charge is 2.35. The van der Waals surface area contributed by atoms with Gasteiger partial charge >= 0.3 is 6.18 Å². The Hall–Kier alpha value is -2.84. The molecule has 0 aliphatic heterocycles. The Morgan fingerprint density at radius 1 is 1.17 bits per heavy atom. The molecule has 0 atom stereocenters. The van der Waals surface area contributed by atoms with Crippen molar-refractivity contribution in [1.82, 2.24) is 20.2 Å². The van der Waals surface area contributed by atoms with E-state index in [-0.39, 0.29) is 11.8 Å². The number of H-pyrrole nitrogens is 1. The summed E-state index contributed by atoms with van der Waals surface area (Å²) in [7, 11) is 1.38. The van der Waals surface area contributed by atoms with Crippen LogP contribution in [0.15, 0.2) is 24.5 Å². The summed E-state index contributed by atoms with van der Waals surface area (Å²) in [6, 6.07) is 3.71.